The topological polar surface area (TPSA) is 52.9 Å². The van der Waals surface area contributed by atoms with Crippen LogP contribution < -0.4 is 0 Å². The van der Waals surface area contributed by atoms with Crippen molar-refractivity contribution >= 4 is 34.6 Å². The molecule has 0 saturated carbocycles. The summed E-state index contributed by atoms with van der Waals surface area (Å²) in [5.74, 6) is -0.0000435. The first-order chi connectivity index (χ1) is 11.7. The Kier molecular flexibility index (Phi) is 4.82. The molecule has 1 heterocycles. The van der Waals surface area contributed by atoms with Crippen LogP contribution in [0.1, 0.15) is 5.56 Å². The number of benzene rings is 2. The number of hydrogen-bond acceptors (Lipinski definition) is 4. The summed E-state index contributed by atoms with van der Waals surface area (Å²) in [6.45, 7) is 4.09. The molecule has 0 atom stereocenters. The van der Waals surface area contributed by atoms with E-state index in [1.54, 1.807) is 35.3 Å². The highest BCUT2D eigenvalue weighted by atomic mass is 32.2. The van der Waals surface area contributed by atoms with Crippen LogP contribution in [0.2, 0.25) is 0 Å². The van der Waals surface area contributed by atoms with Crippen molar-refractivity contribution in [2.45, 2.75) is 0 Å². The van der Waals surface area contributed by atoms with Gasteiger partial charge in [-0.25, -0.2) is 4.99 Å². The van der Waals surface area contributed by atoms with Gasteiger partial charge in [-0.15, -0.1) is 6.58 Å². The third-order valence-corrected chi connectivity index (χ3v) is 4.41. The van der Waals surface area contributed by atoms with E-state index in [9.17, 15) is 9.90 Å². The Balaban J connectivity index is 1.97. The monoisotopic (exact) mass is 336 g/mol. The van der Waals surface area contributed by atoms with Gasteiger partial charge in [0.1, 0.15) is 5.75 Å². The van der Waals surface area contributed by atoms with Crippen LogP contribution in [0.5, 0.6) is 5.75 Å². The summed E-state index contributed by atoms with van der Waals surface area (Å²) in [4.78, 5) is 19.3. The van der Waals surface area contributed by atoms with Crippen molar-refractivity contribution in [1.82, 2.24) is 4.90 Å². The van der Waals surface area contributed by atoms with Crippen molar-refractivity contribution in [3.8, 4) is 5.75 Å². The van der Waals surface area contributed by atoms with Crippen molar-refractivity contribution in [1.29, 1.82) is 0 Å². The van der Waals surface area contributed by atoms with Gasteiger partial charge < -0.3 is 5.11 Å². The molecule has 24 heavy (non-hydrogen) atoms. The van der Waals surface area contributed by atoms with Crippen LogP contribution in [0.25, 0.3) is 6.08 Å². The Hall–Kier alpha value is -2.79. The first kappa shape index (κ1) is 16.1. The summed E-state index contributed by atoms with van der Waals surface area (Å²) >= 11 is 1.29. The Morgan fingerprint density at radius 3 is 2.54 bits per heavy atom. The minimum Gasteiger partial charge on any atom is -0.507 e. The van der Waals surface area contributed by atoms with Gasteiger partial charge in [0.25, 0.3) is 5.91 Å². The molecule has 1 amide bonds. The Morgan fingerprint density at radius 2 is 1.83 bits per heavy atom. The van der Waals surface area contributed by atoms with E-state index in [0.717, 1.165) is 5.69 Å². The maximum Gasteiger partial charge on any atom is 0.267 e. The lowest BCUT2D eigenvalue weighted by atomic mass is 10.2. The van der Waals surface area contributed by atoms with Gasteiger partial charge in [0.2, 0.25) is 0 Å². The Labute approximate surface area is 144 Å². The van der Waals surface area contributed by atoms with E-state index >= 15 is 0 Å². The normalized spacial score (nSPS) is 17.7. The van der Waals surface area contributed by atoms with Crippen LogP contribution in [0.15, 0.2) is 77.1 Å². The quantitative estimate of drug-likeness (QED) is 0.673. The molecule has 0 aromatic heterocycles. The predicted octanol–water partition coefficient (Wildman–Crippen LogP) is 4.18. The van der Waals surface area contributed by atoms with Gasteiger partial charge in [0.15, 0.2) is 5.17 Å². The number of hydrogen-bond donors (Lipinski definition) is 1. The Bertz CT molecular complexity index is 828. The molecule has 1 aliphatic heterocycles. The third kappa shape index (κ3) is 3.41. The van der Waals surface area contributed by atoms with Crippen LogP contribution in [0.4, 0.5) is 5.69 Å². The molecule has 0 aliphatic carbocycles. The number of nitrogens with zero attached hydrogens (tertiary/aromatic N) is 2. The summed E-state index contributed by atoms with van der Waals surface area (Å²) in [5.41, 5.74) is 1.39. The number of rotatable bonds is 4. The fraction of sp³-hybridized carbons (Fsp3) is 0.0526. The first-order valence-electron chi connectivity index (χ1n) is 7.43. The molecule has 1 fully saturated rings. The second-order valence-electron chi connectivity index (χ2n) is 5.10. The number of carbonyl (C=O) groups is 1. The van der Waals surface area contributed by atoms with Gasteiger partial charge >= 0.3 is 0 Å². The smallest absolute Gasteiger partial charge is 0.267 e. The number of carbonyl (C=O) groups excluding carboxylic acids is 1. The van der Waals surface area contributed by atoms with Gasteiger partial charge in [0.05, 0.1) is 10.6 Å². The molecule has 1 aliphatic rings. The van der Waals surface area contributed by atoms with E-state index < -0.39 is 0 Å². The summed E-state index contributed by atoms with van der Waals surface area (Å²) in [6, 6.07) is 16.4. The number of aliphatic imine (C=N–C) groups is 1. The number of aromatic hydroxyl groups is 1. The van der Waals surface area contributed by atoms with Gasteiger partial charge in [0, 0.05) is 12.1 Å². The average molecular weight is 336 g/mol. The van der Waals surface area contributed by atoms with Gasteiger partial charge in [-0.3, -0.25) is 9.69 Å². The van der Waals surface area contributed by atoms with Gasteiger partial charge in [-0.1, -0.05) is 42.5 Å². The number of para-hydroxylation sites is 2. The van der Waals surface area contributed by atoms with E-state index in [4.69, 9.17) is 0 Å². The molecular formula is C19H16N2O2S. The van der Waals surface area contributed by atoms with E-state index in [0.29, 0.717) is 22.2 Å². The molecule has 2 aromatic rings. The van der Waals surface area contributed by atoms with Gasteiger partial charge in [-0.05, 0) is 36.0 Å². The average Bonchev–Trinajstić information content (AvgIpc) is 2.87. The van der Waals surface area contributed by atoms with Crippen molar-refractivity contribution in [3.63, 3.8) is 0 Å². The zero-order valence-corrected chi connectivity index (χ0v) is 13.7. The standard InChI is InChI=1S/C19H16N2O2S/c1-2-12-21-18(23)17(13-14-8-6-7-11-16(14)22)24-19(21)20-15-9-4-3-5-10-15/h2-11,13,22H,1,12H2/b17-13+,20-19?. The maximum absolute atomic E-state index is 12.6. The first-order valence-corrected chi connectivity index (χ1v) is 8.25. The number of phenols is 1. The van der Waals surface area contributed by atoms with E-state index in [2.05, 4.69) is 11.6 Å². The van der Waals surface area contributed by atoms with E-state index in [1.807, 2.05) is 36.4 Å². The molecule has 1 saturated heterocycles. The third-order valence-electron chi connectivity index (χ3n) is 3.40. The summed E-state index contributed by atoms with van der Waals surface area (Å²) < 4.78 is 0. The van der Waals surface area contributed by atoms with Crippen molar-refractivity contribution in [2.75, 3.05) is 6.54 Å². The highest BCUT2D eigenvalue weighted by Crippen LogP contribution is 2.35. The predicted molar refractivity (Wildman–Crippen MR) is 99.1 cm³/mol. The second-order valence-corrected chi connectivity index (χ2v) is 6.11. The van der Waals surface area contributed by atoms with Crippen molar-refractivity contribution in [3.05, 3.63) is 77.7 Å². The zero-order chi connectivity index (χ0) is 16.9. The number of thioether (sulfide) groups is 1. The van der Waals surface area contributed by atoms with Crippen LogP contribution >= 0.6 is 11.8 Å². The largest absolute Gasteiger partial charge is 0.507 e. The number of amidine groups is 1. The van der Waals surface area contributed by atoms with Crippen LogP contribution in [-0.4, -0.2) is 27.6 Å². The SMILES string of the molecule is C=CCN1C(=O)/C(=C\c2ccccc2O)SC1=Nc1ccccc1. The summed E-state index contributed by atoms with van der Waals surface area (Å²) in [7, 11) is 0. The molecule has 1 N–H and O–H groups in total. The van der Waals surface area contributed by atoms with Crippen molar-refractivity contribution in [2.24, 2.45) is 4.99 Å². The lowest BCUT2D eigenvalue weighted by Crippen LogP contribution is -2.29. The molecule has 120 valence electrons. The Morgan fingerprint density at radius 1 is 1.12 bits per heavy atom. The molecule has 0 bridgehead atoms. The van der Waals surface area contributed by atoms with Crippen LogP contribution in [0.3, 0.4) is 0 Å². The minimum absolute atomic E-state index is 0.141. The summed E-state index contributed by atoms with van der Waals surface area (Å²) in [5, 5.41) is 10.5. The molecule has 0 spiro atoms. The highest BCUT2D eigenvalue weighted by molar-refractivity contribution is 8.18. The van der Waals surface area contributed by atoms with Crippen LogP contribution in [0, 0.1) is 0 Å². The lowest BCUT2D eigenvalue weighted by molar-refractivity contribution is -0.121. The minimum atomic E-state index is -0.141. The fourth-order valence-corrected chi connectivity index (χ4v) is 3.24. The molecule has 0 unspecified atom stereocenters. The summed E-state index contributed by atoms with van der Waals surface area (Å²) in [6.07, 6.45) is 3.35. The molecule has 5 heteroatoms. The van der Waals surface area contributed by atoms with E-state index in [1.165, 1.54) is 11.8 Å². The fourth-order valence-electron chi connectivity index (χ4n) is 2.25. The molecule has 4 nitrogen and oxygen atoms in total. The lowest BCUT2D eigenvalue weighted by Gasteiger charge is -2.12. The molecule has 0 radical (unpaired) electrons. The highest BCUT2D eigenvalue weighted by Gasteiger charge is 2.32. The maximum atomic E-state index is 12.6. The van der Waals surface area contributed by atoms with Crippen LogP contribution in [-0.2, 0) is 4.79 Å². The number of amides is 1. The van der Waals surface area contributed by atoms with E-state index in [-0.39, 0.29) is 11.7 Å². The van der Waals surface area contributed by atoms with Gasteiger partial charge in [-0.2, -0.15) is 0 Å². The molecule has 3 rings (SSSR count). The van der Waals surface area contributed by atoms with Crippen molar-refractivity contribution < 1.29 is 9.90 Å². The number of phenolic OH excluding ortho intramolecular Hbond substituents is 1. The molecule has 2 aromatic carbocycles. The molecular weight excluding hydrogens is 320 g/mol. The second kappa shape index (κ2) is 7.19. The zero-order valence-electron chi connectivity index (χ0n) is 12.9.